The molecule has 130 valence electrons. The predicted octanol–water partition coefficient (Wildman–Crippen LogP) is 4.93. The lowest BCUT2D eigenvalue weighted by Gasteiger charge is -2.09. The van der Waals surface area contributed by atoms with Gasteiger partial charge in [-0.15, -0.1) is 0 Å². The molecule has 0 aliphatic heterocycles. The van der Waals surface area contributed by atoms with Gasteiger partial charge in [0.2, 0.25) is 0 Å². The number of halogens is 2. The number of pyridine rings is 1. The zero-order valence-corrected chi connectivity index (χ0v) is 14.7. The van der Waals surface area contributed by atoms with Crippen LogP contribution in [0.4, 0.5) is 4.39 Å². The van der Waals surface area contributed by atoms with Crippen molar-refractivity contribution in [1.82, 2.24) is 14.5 Å². The van der Waals surface area contributed by atoms with Gasteiger partial charge in [0.1, 0.15) is 6.33 Å². The minimum Gasteiger partial charge on any atom is -0.389 e. The van der Waals surface area contributed by atoms with E-state index in [1.807, 2.05) is 47.0 Å². The van der Waals surface area contributed by atoms with Crippen LogP contribution >= 0.6 is 11.6 Å². The average Bonchev–Trinajstić information content (AvgIpc) is 3.07. The van der Waals surface area contributed by atoms with E-state index in [0.717, 1.165) is 22.3 Å². The molecule has 6 heteroatoms. The lowest BCUT2D eigenvalue weighted by Crippen LogP contribution is -1.95. The van der Waals surface area contributed by atoms with E-state index in [9.17, 15) is 9.50 Å². The van der Waals surface area contributed by atoms with Crippen LogP contribution in [0.25, 0.3) is 27.8 Å². The van der Waals surface area contributed by atoms with Crippen molar-refractivity contribution in [3.05, 3.63) is 77.6 Å². The van der Waals surface area contributed by atoms with Crippen molar-refractivity contribution in [2.24, 2.45) is 0 Å². The second kappa shape index (κ2) is 6.52. The maximum atomic E-state index is 14.3. The Morgan fingerprint density at radius 1 is 1.12 bits per heavy atom. The summed E-state index contributed by atoms with van der Waals surface area (Å²) in [4.78, 5) is 8.17. The molecule has 2 heterocycles. The SMILES string of the molecule is C[C@@H](O)c1ccc2c(c1)ncn2-c1cccc(-c2ccnc(Cl)c2F)c1. The lowest BCUT2D eigenvalue weighted by molar-refractivity contribution is 0.199. The molecule has 2 aromatic carbocycles. The molecule has 4 rings (SSSR count). The molecule has 1 N–H and O–H groups in total. The molecule has 1 atom stereocenters. The number of hydrogen-bond donors (Lipinski definition) is 1. The van der Waals surface area contributed by atoms with Gasteiger partial charge in [-0.2, -0.15) is 0 Å². The standard InChI is InChI=1S/C20H15ClFN3O/c1-12(26)13-5-6-18-17(10-13)24-11-25(18)15-4-2-3-14(9-15)16-7-8-23-20(21)19(16)22/h2-12,26H,1H3/t12-/m1/s1. The predicted molar refractivity (Wildman–Crippen MR) is 99.9 cm³/mol. The van der Waals surface area contributed by atoms with Crippen LogP contribution in [0, 0.1) is 5.82 Å². The molecule has 0 amide bonds. The van der Waals surface area contributed by atoms with Crippen LogP contribution in [-0.4, -0.2) is 19.6 Å². The fourth-order valence-corrected chi connectivity index (χ4v) is 3.12. The van der Waals surface area contributed by atoms with Crippen molar-refractivity contribution < 1.29 is 9.50 Å². The van der Waals surface area contributed by atoms with Crippen molar-refractivity contribution in [1.29, 1.82) is 0 Å². The number of aliphatic hydroxyl groups is 1. The highest BCUT2D eigenvalue weighted by Gasteiger charge is 2.12. The van der Waals surface area contributed by atoms with Crippen molar-refractivity contribution in [3.63, 3.8) is 0 Å². The topological polar surface area (TPSA) is 50.9 Å². The fourth-order valence-electron chi connectivity index (χ4n) is 2.96. The van der Waals surface area contributed by atoms with Crippen LogP contribution in [0.5, 0.6) is 0 Å². The number of imidazole rings is 1. The lowest BCUT2D eigenvalue weighted by atomic mass is 10.1. The van der Waals surface area contributed by atoms with Crippen molar-refractivity contribution >= 4 is 22.6 Å². The average molecular weight is 368 g/mol. The molecule has 0 unspecified atom stereocenters. The summed E-state index contributed by atoms with van der Waals surface area (Å²) in [5.41, 5.74) is 4.44. The molecular weight excluding hydrogens is 353 g/mol. The molecule has 0 spiro atoms. The number of fused-ring (bicyclic) bond motifs is 1. The first-order valence-electron chi connectivity index (χ1n) is 8.10. The maximum absolute atomic E-state index is 14.3. The first kappa shape index (κ1) is 16.7. The molecule has 0 radical (unpaired) electrons. The Hall–Kier alpha value is -2.76. The fraction of sp³-hybridized carbons (Fsp3) is 0.100. The highest BCUT2D eigenvalue weighted by Crippen LogP contribution is 2.29. The first-order valence-corrected chi connectivity index (χ1v) is 8.48. The molecule has 0 aliphatic carbocycles. The Morgan fingerprint density at radius 2 is 1.96 bits per heavy atom. The van der Waals surface area contributed by atoms with Crippen LogP contribution in [0.1, 0.15) is 18.6 Å². The summed E-state index contributed by atoms with van der Waals surface area (Å²) in [6.45, 7) is 1.72. The molecule has 26 heavy (non-hydrogen) atoms. The maximum Gasteiger partial charge on any atom is 0.168 e. The Balaban J connectivity index is 1.82. The highest BCUT2D eigenvalue weighted by molar-refractivity contribution is 6.29. The minimum atomic E-state index is -0.549. The molecule has 4 aromatic rings. The Morgan fingerprint density at radius 3 is 2.77 bits per heavy atom. The van der Waals surface area contributed by atoms with Gasteiger partial charge in [-0.25, -0.2) is 14.4 Å². The van der Waals surface area contributed by atoms with Gasteiger partial charge in [-0.3, -0.25) is 4.57 Å². The number of aromatic nitrogens is 3. The Labute approximate surface area is 154 Å². The summed E-state index contributed by atoms with van der Waals surface area (Å²) in [6.07, 6.45) is 2.65. The number of rotatable bonds is 3. The second-order valence-corrected chi connectivity index (χ2v) is 6.41. The van der Waals surface area contributed by atoms with Crippen molar-refractivity contribution in [3.8, 4) is 16.8 Å². The van der Waals surface area contributed by atoms with Crippen LogP contribution in [0.3, 0.4) is 0 Å². The van der Waals surface area contributed by atoms with E-state index in [4.69, 9.17) is 11.6 Å². The van der Waals surface area contributed by atoms with Crippen LogP contribution < -0.4 is 0 Å². The van der Waals surface area contributed by atoms with Gasteiger partial charge in [0.05, 0.1) is 17.1 Å². The number of hydrogen-bond acceptors (Lipinski definition) is 3. The molecule has 0 bridgehead atoms. The van der Waals surface area contributed by atoms with Crippen LogP contribution in [0.15, 0.2) is 61.1 Å². The number of benzene rings is 2. The largest absolute Gasteiger partial charge is 0.389 e. The summed E-state index contributed by atoms with van der Waals surface area (Å²) >= 11 is 5.80. The van der Waals surface area contributed by atoms with Gasteiger partial charge < -0.3 is 5.11 Å². The van der Waals surface area contributed by atoms with Crippen LogP contribution in [-0.2, 0) is 0 Å². The van der Waals surface area contributed by atoms with E-state index >= 15 is 0 Å². The number of aliphatic hydroxyl groups excluding tert-OH is 1. The quantitative estimate of drug-likeness (QED) is 0.522. The highest BCUT2D eigenvalue weighted by atomic mass is 35.5. The van der Waals surface area contributed by atoms with Gasteiger partial charge in [0.15, 0.2) is 11.0 Å². The zero-order valence-electron chi connectivity index (χ0n) is 13.9. The number of nitrogens with zero attached hydrogens (tertiary/aromatic N) is 3. The third-order valence-electron chi connectivity index (χ3n) is 4.34. The Bertz CT molecular complexity index is 1110. The van der Waals surface area contributed by atoms with Gasteiger partial charge >= 0.3 is 0 Å². The third kappa shape index (κ3) is 2.85. The van der Waals surface area contributed by atoms with Crippen molar-refractivity contribution in [2.75, 3.05) is 0 Å². The zero-order chi connectivity index (χ0) is 18.3. The van der Waals surface area contributed by atoms with E-state index in [1.165, 1.54) is 6.20 Å². The molecule has 0 aliphatic rings. The van der Waals surface area contributed by atoms with Gasteiger partial charge in [0.25, 0.3) is 0 Å². The smallest absolute Gasteiger partial charge is 0.168 e. The monoisotopic (exact) mass is 367 g/mol. The van der Waals surface area contributed by atoms with Crippen molar-refractivity contribution in [2.45, 2.75) is 13.0 Å². The Kier molecular flexibility index (Phi) is 4.18. The van der Waals surface area contributed by atoms with Gasteiger partial charge in [-0.1, -0.05) is 29.8 Å². The van der Waals surface area contributed by atoms with E-state index in [-0.39, 0.29) is 5.15 Å². The first-order chi connectivity index (χ1) is 12.5. The summed E-state index contributed by atoms with van der Waals surface area (Å²) in [7, 11) is 0. The van der Waals surface area contributed by atoms with Gasteiger partial charge in [0, 0.05) is 17.4 Å². The summed E-state index contributed by atoms with van der Waals surface area (Å²) in [5, 5.41) is 9.59. The molecule has 0 fully saturated rings. The molecule has 0 saturated carbocycles. The second-order valence-electron chi connectivity index (χ2n) is 6.05. The summed E-state index contributed by atoms with van der Waals surface area (Å²) in [5.74, 6) is -0.539. The summed E-state index contributed by atoms with van der Waals surface area (Å²) in [6, 6.07) is 14.7. The molecule has 2 aromatic heterocycles. The van der Waals surface area contributed by atoms with E-state index in [0.29, 0.717) is 11.1 Å². The molecule has 0 saturated heterocycles. The summed E-state index contributed by atoms with van der Waals surface area (Å²) < 4.78 is 16.2. The minimum absolute atomic E-state index is 0.147. The third-order valence-corrected chi connectivity index (χ3v) is 4.60. The molecule has 4 nitrogen and oxygen atoms in total. The molecular formula is C20H15ClFN3O. The van der Waals surface area contributed by atoms with E-state index in [2.05, 4.69) is 9.97 Å². The van der Waals surface area contributed by atoms with Gasteiger partial charge in [-0.05, 0) is 48.4 Å². The van der Waals surface area contributed by atoms with E-state index < -0.39 is 11.9 Å². The normalized spacial score (nSPS) is 12.5. The van der Waals surface area contributed by atoms with Crippen LogP contribution in [0.2, 0.25) is 5.15 Å². The van der Waals surface area contributed by atoms with E-state index in [1.54, 1.807) is 19.3 Å².